The predicted octanol–water partition coefficient (Wildman–Crippen LogP) is 7.78. The highest BCUT2D eigenvalue weighted by Gasteiger charge is 2.11. The van der Waals surface area contributed by atoms with E-state index in [0.29, 0.717) is 5.56 Å². The van der Waals surface area contributed by atoms with E-state index in [9.17, 15) is 0 Å². The molecule has 0 N–H and O–H groups in total. The van der Waals surface area contributed by atoms with Crippen molar-refractivity contribution in [2.75, 3.05) is 7.11 Å². The van der Waals surface area contributed by atoms with Crippen molar-refractivity contribution in [3.05, 3.63) is 64.6 Å². The van der Waals surface area contributed by atoms with Crippen molar-refractivity contribution in [1.29, 1.82) is 5.26 Å². The molecule has 0 saturated heterocycles. The molecule has 0 amide bonds. The third kappa shape index (κ3) is 5.45. The number of thiophene rings is 1. The van der Waals surface area contributed by atoms with Crippen LogP contribution in [-0.4, -0.2) is 7.11 Å². The van der Waals surface area contributed by atoms with E-state index >= 15 is 0 Å². The minimum Gasteiger partial charge on any atom is -0.497 e. The summed E-state index contributed by atoms with van der Waals surface area (Å²) in [6, 6.07) is 19.9. The third-order valence-corrected chi connectivity index (χ3v) is 5.46. The fourth-order valence-electron chi connectivity index (χ4n) is 2.16. The topological polar surface area (TPSA) is 33.0 Å². The van der Waals surface area contributed by atoms with Gasteiger partial charge in [-0.15, -0.1) is 11.3 Å². The summed E-state index contributed by atoms with van der Waals surface area (Å²) < 4.78 is 6.26. The fraction of sp³-hybridized carbons (Fsp3) is 0.227. The van der Waals surface area contributed by atoms with Crippen molar-refractivity contribution in [1.82, 2.24) is 0 Å². The van der Waals surface area contributed by atoms with Crippen LogP contribution in [0.25, 0.3) is 20.9 Å². The number of hydrogen-bond donors (Lipinski definition) is 0. The lowest BCUT2D eigenvalue weighted by molar-refractivity contribution is 0.415. The smallest absolute Gasteiger partial charge is 0.118 e. The first-order valence-corrected chi connectivity index (χ1v) is 10.3. The van der Waals surface area contributed by atoms with Crippen molar-refractivity contribution in [3.8, 4) is 32.7 Å². The molecule has 1 aromatic heterocycles. The molecule has 4 heteroatoms. The first kappa shape index (κ1) is 22.0. The molecule has 0 spiro atoms. The summed E-state index contributed by atoms with van der Waals surface area (Å²) in [5, 5.41) is 8.88. The Morgan fingerprint density at radius 2 is 1.42 bits per heavy atom. The molecule has 0 fully saturated rings. The number of ether oxygens (including phenoxy) is 1. The monoisotopic (exact) mass is 429 g/mol. The maximum absolute atomic E-state index is 8.88. The SMILES string of the molecule is CC.CC.COc1ccc(-c2cc(Br)c(-c3ccc(C#N)cc3)s2)cc1. The van der Waals surface area contributed by atoms with Gasteiger partial charge in [0.25, 0.3) is 0 Å². The van der Waals surface area contributed by atoms with Crippen LogP contribution in [-0.2, 0) is 0 Å². The van der Waals surface area contributed by atoms with Crippen molar-refractivity contribution < 1.29 is 4.74 Å². The standard InChI is InChI=1S/C18H12BrNOS.2C2H6/c1-21-15-8-6-13(7-9-15)17-10-16(19)18(22-17)14-4-2-12(11-20)3-5-14;2*1-2/h2-10H,1H3;2*1-2H3. The Kier molecular flexibility index (Phi) is 9.72. The predicted molar refractivity (Wildman–Crippen MR) is 117 cm³/mol. The fourth-order valence-corrected chi connectivity index (χ4v) is 4.07. The van der Waals surface area contributed by atoms with E-state index < -0.39 is 0 Å². The Morgan fingerprint density at radius 1 is 0.885 bits per heavy atom. The van der Waals surface area contributed by atoms with Gasteiger partial charge in [-0.05, 0) is 69.5 Å². The minimum absolute atomic E-state index is 0.673. The van der Waals surface area contributed by atoms with Crippen LogP contribution in [0.4, 0.5) is 0 Å². The second kappa shape index (κ2) is 11.5. The molecule has 2 nitrogen and oxygen atoms in total. The molecule has 0 aliphatic heterocycles. The zero-order valence-electron chi connectivity index (χ0n) is 15.8. The molecule has 1 heterocycles. The second-order valence-electron chi connectivity index (χ2n) is 4.71. The van der Waals surface area contributed by atoms with Gasteiger partial charge in [0.15, 0.2) is 0 Å². The van der Waals surface area contributed by atoms with Gasteiger partial charge < -0.3 is 4.74 Å². The lowest BCUT2D eigenvalue weighted by atomic mass is 10.1. The summed E-state index contributed by atoms with van der Waals surface area (Å²) in [5.74, 6) is 0.853. The van der Waals surface area contributed by atoms with Gasteiger partial charge in [-0.1, -0.05) is 39.8 Å². The first-order chi connectivity index (χ1) is 12.7. The average Bonchev–Trinajstić information content (AvgIpc) is 3.13. The highest BCUT2D eigenvalue weighted by atomic mass is 79.9. The number of benzene rings is 2. The van der Waals surface area contributed by atoms with Crippen molar-refractivity contribution in [3.63, 3.8) is 0 Å². The maximum atomic E-state index is 8.88. The molecule has 0 aliphatic carbocycles. The molecular formula is C22H24BrNOS. The van der Waals surface area contributed by atoms with E-state index in [4.69, 9.17) is 10.00 Å². The number of hydrogen-bond acceptors (Lipinski definition) is 3. The zero-order valence-corrected chi connectivity index (χ0v) is 18.2. The molecule has 136 valence electrons. The van der Waals surface area contributed by atoms with Gasteiger partial charge in [-0.3, -0.25) is 0 Å². The third-order valence-electron chi connectivity index (χ3n) is 3.34. The molecule has 0 saturated carbocycles. The second-order valence-corrected chi connectivity index (χ2v) is 6.61. The van der Waals surface area contributed by atoms with Gasteiger partial charge in [-0.2, -0.15) is 5.26 Å². The highest BCUT2D eigenvalue weighted by molar-refractivity contribution is 9.10. The first-order valence-electron chi connectivity index (χ1n) is 8.65. The molecule has 3 rings (SSSR count). The Labute approximate surface area is 169 Å². The van der Waals surface area contributed by atoms with Gasteiger partial charge in [0, 0.05) is 14.2 Å². The molecule has 0 radical (unpaired) electrons. The summed E-state index contributed by atoms with van der Waals surface area (Å²) in [6.07, 6.45) is 0. The molecule has 0 unspecified atom stereocenters. The lowest BCUT2D eigenvalue weighted by Crippen LogP contribution is -1.81. The largest absolute Gasteiger partial charge is 0.497 e. The average molecular weight is 430 g/mol. The van der Waals surface area contributed by atoms with Crippen LogP contribution in [0.1, 0.15) is 33.3 Å². The Balaban J connectivity index is 0.000000791. The minimum atomic E-state index is 0.673. The van der Waals surface area contributed by atoms with Crippen molar-refractivity contribution in [2.24, 2.45) is 0 Å². The summed E-state index contributed by atoms with van der Waals surface area (Å²) in [4.78, 5) is 2.35. The van der Waals surface area contributed by atoms with Crippen LogP contribution in [0.2, 0.25) is 0 Å². The van der Waals surface area contributed by atoms with Crippen LogP contribution in [0, 0.1) is 11.3 Å². The number of halogens is 1. The molecular weight excluding hydrogens is 406 g/mol. The van der Waals surface area contributed by atoms with Crippen LogP contribution in [0.3, 0.4) is 0 Å². The molecule has 0 bridgehead atoms. The van der Waals surface area contributed by atoms with Gasteiger partial charge in [0.1, 0.15) is 5.75 Å². The summed E-state index contributed by atoms with van der Waals surface area (Å²) in [7, 11) is 1.67. The Hall–Kier alpha value is -2.09. The van der Waals surface area contributed by atoms with E-state index in [0.717, 1.165) is 26.2 Å². The van der Waals surface area contributed by atoms with Crippen LogP contribution in [0.15, 0.2) is 59.1 Å². The summed E-state index contributed by atoms with van der Waals surface area (Å²) >= 11 is 5.36. The number of rotatable bonds is 3. The van der Waals surface area contributed by atoms with Crippen molar-refractivity contribution >= 4 is 27.3 Å². The number of methoxy groups -OCH3 is 1. The van der Waals surface area contributed by atoms with Crippen LogP contribution >= 0.6 is 27.3 Å². The van der Waals surface area contributed by atoms with Gasteiger partial charge in [0.2, 0.25) is 0 Å². The van der Waals surface area contributed by atoms with E-state index in [1.807, 2.05) is 64.1 Å². The summed E-state index contributed by atoms with van der Waals surface area (Å²) in [6.45, 7) is 8.00. The van der Waals surface area contributed by atoms with E-state index in [1.165, 1.54) is 4.88 Å². The molecule has 0 atom stereocenters. The quantitative estimate of drug-likeness (QED) is 0.425. The molecule has 3 aromatic rings. The molecule has 26 heavy (non-hydrogen) atoms. The molecule has 0 aliphatic rings. The van der Waals surface area contributed by atoms with E-state index in [1.54, 1.807) is 18.4 Å². The molecule has 2 aromatic carbocycles. The van der Waals surface area contributed by atoms with Gasteiger partial charge in [-0.25, -0.2) is 0 Å². The van der Waals surface area contributed by atoms with E-state index in [-0.39, 0.29) is 0 Å². The normalized spacial score (nSPS) is 9.12. The van der Waals surface area contributed by atoms with Crippen LogP contribution < -0.4 is 4.74 Å². The number of nitriles is 1. The highest BCUT2D eigenvalue weighted by Crippen LogP contribution is 2.41. The Bertz CT molecular complexity index is 830. The summed E-state index contributed by atoms with van der Waals surface area (Å²) in [5.41, 5.74) is 2.94. The number of nitrogens with zero attached hydrogens (tertiary/aromatic N) is 1. The zero-order chi connectivity index (χ0) is 19.5. The maximum Gasteiger partial charge on any atom is 0.118 e. The Morgan fingerprint density at radius 3 is 1.92 bits per heavy atom. The van der Waals surface area contributed by atoms with Gasteiger partial charge >= 0.3 is 0 Å². The van der Waals surface area contributed by atoms with Gasteiger partial charge in [0.05, 0.1) is 18.7 Å². The van der Waals surface area contributed by atoms with Crippen molar-refractivity contribution in [2.45, 2.75) is 27.7 Å². The lowest BCUT2D eigenvalue weighted by Gasteiger charge is -2.01. The van der Waals surface area contributed by atoms with E-state index in [2.05, 4.69) is 40.2 Å². The van der Waals surface area contributed by atoms with Crippen LogP contribution in [0.5, 0.6) is 5.75 Å².